The molecule has 0 unspecified atom stereocenters. The molecule has 2 aromatic carbocycles. The van der Waals surface area contributed by atoms with Crippen molar-refractivity contribution in [3.63, 3.8) is 0 Å². The molecule has 0 saturated carbocycles. The summed E-state index contributed by atoms with van der Waals surface area (Å²) in [4.78, 5) is 17.9. The van der Waals surface area contributed by atoms with E-state index in [0.29, 0.717) is 30.1 Å². The van der Waals surface area contributed by atoms with Crippen molar-refractivity contribution < 1.29 is 14.3 Å². The van der Waals surface area contributed by atoms with Gasteiger partial charge in [-0.2, -0.15) is 4.99 Å². The first-order valence-electron chi connectivity index (χ1n) is 9.78. The van der Waals surface area contributed by atoms with E-state index in [2.05, 4.69) is 25.8 Å². The van der Waals surface area contributed by atoms with Gasteiger partial charge in [0.15, 0.2) is 4.80 Å². The topological polar surface area (TPSA) is 52.8 Å². The number of thiazole rings is 1. The summed E-state index contributed by atoms with van der Waals surface area (Å²) in [5.74, 6) is 0.542. The number of nitrogens with zero attached hydrogens (tertiary/aromatic N) is 2. The maximum absolute atomic E-state index is 12.8. The Morgan fingerprint density at radius 1 is 1.14 bits per heavy atom. The molecule has 1 amide bonds. The number of amides is 1. The third-order valence-electron chi connectivity index (χ3n) is 4.75. The Kier molecular flexibility index (Phi) is 6.55. The lowest BCUT2D eigenvalue weighted by molar-refractivity contribution is 0.0996. The highest BCUT2D eigenvalue weighted by atomic mass is 32.1. The van der Waals surface area contributed by atoms with E-state index >= 15 is 0 Å². The predicted octanol–water partition coefficient (Wildman–Crippen LogP) is 4.79. The summed E-state index contributed by atoms with van der Waals surface area (Å²) in [6.07, 6.45) is 0. The molecule has 6 heteroatoms. The normalized spacial score (nSPS) is 12.5. The maximum Gasteiger partial charge on any atom is 0.279 e. The molecule has 1 aromatic heterocycles. The Labute approximate surface area is 175 Å². The largest absolute Gasteiger partial charge is 0.497 e. The number of methoxy groups -OCH3 is 1. The lowest BCUT2D eigenvalue weighted by Crippen LogP contribution is -2.19. The highest BCUT2D eigenvalue weighted by Crippen LogP contribution is 2.24. The number of fused-ring (bicyclic) bond motifs is 1. The van der Waals surface area contributed by atoms with Crippen LogP contribution in [0.1, 0.15) is 43.6 Å². The van der Waals surface area contributed by atoms with Crippen molar-refractivity contribution in [1.82, 2.24) is 4.57 Å². The number of carbonyl (C=O) groups is 1. The molecule has 0 bridgehead atoms. The van der Waals surface area contributed by atoms with Gasteiger partial charge in [0.05, 0.1) is 23.9 Å². The van der Waals surface area contributed by atoms with Crippen molar-refractivity contribution in [3.8, 4) is 5.75 Å². The van der Waals surface area contributed by atoms with E-state index in [1.54, 1.807) is 7.11 Å². The highest BCUT2D eigenvalue weighted by molar-refractivity contribution is 7.16. The summed E-state index contributed by atoms with van der Waals surface area (Å²) < 4.78 is 13.9. The molecule has 0 spiro atoms. The molecular formula is C23H28N2O3S. The number of ether oxygens (including phenoxy) is 2. The van der Waals surface area contributed by atoms with Gasteiger partial charge in [0.2, 0.25) is 0 Å². The molecule has 0 atom stereocenters. The van der Waals surface area contributed by atoms with Crippen molar-refractivity contribution in [2.75, 3.05) is 20.3 Å². The molecule has 0 radical (unpaired) electrons. The van der Waals surface area contributed by atoms with Crippen molar-refractivity contribution in [2.45, 2.75) is 39.7 Å². The van der Waals surface area contributed by atoms with Crippen molar-refractivity contribution in [1.29, 1.82) is 0 Å². The lowest BCUT2D eigenvalue weighted by Gasteiger charge is -2.18. The first kappa shape index (κ1) is 21.3. The van der Waals surface area contributed by atoms with Gasteiger partial charge in [0.25, 0.3) is 5.91 Å². The summed E-state index contributed by atoms with van der Waals surface area (Å²) in [5.41, 5.74) is 2.84. The van der Waals surface area contributed by atoms with Gasteiger partial charge in [-0.1, -0.05) is 44.2 Å². The van der Waals surface area contributed by atoms with E-state index in [1.807, 2.05) is 54.0 Å². The van der Waals surface area contributed by atoms with Crippen LogP contribution in [0.3, 0.4) is 0 Å². The molecule has 0 saturated heterocycles. The predicted molar refractivity (Wildman–Crippen MR) is 118 cm³/mol. The van der Waals surface area contributed by atoms with Crippen LogP contribution in [0.25, 0.3) is 10.2 Å². The molecule has 0 aliphatic rings. The fourth-order valence-corrected chi connectivity index (χ4v) is 4.13. The van der Waals surface area contributed by atoms with Crippen LogP contribution in [0.2, 0.25) is 0 Å². The van der Waals surface area contributed by atoms with Gasteiger partial charge in [-0.15, -0.1) is 0 Å². The van der Waals surface area contributed by atoms with Crippen LogP contribution in [-0.2, 0) is 16.7 Å². The van der Waals surface area contributed by atoms with Crippen molar-refractivity contribution in [2.24, 2.45) is 4.99 Å². The number of aromatic nitrogens is 1. The molecular weight excluding hydrogens is 384 g/mol. The molecule has 1 heterocycles. The fraction of sp³-hybridized carbons (Fsp3) is 0.391. The van der Waals surface area contributed by atoms with Crippen LogP contribution in [-0.4, -0.2) is 30.8 Å². The number of rotatable bonds is 6. The molecule has 3 aromatic rings. The summed E-state index contributed by atoms with van der Waals surface area (Å²) in [6.45, 7) is 10.3. The maximum atomic E-state index is 12.8. The zero-order valence-corrected chi connectivity index (χ0v) is 18.5. The Hall–Kier alpha value is -2.44. The Morgan fingerprint density at radius 3 is 2.48 bits per heavy atom. The van der Waals surface area contributed by atoms with Crippen LogP contribution in [0, 0.1) is 0 Å². The molecule has 0 aliphatic heterocycles. The van der Waals surface area contributed by atoms with E-state index in [9.17, 15) is 4.79 Å². The molecule has 0 fully saturated rings. The number of benzene rings is 2. The smallest absolute Gasteiger partial charge is 0.279 e. The zero-order chi connectivity index (χ0) is 21.0. The third kappa shape index (κ3) is 4.95. The number of hydrogen-bond donors (Lipinski definition) is 0. The minimum absolute atomic E-state index is 0.0472. The first-order valence-corrected chi connectivity index (χ1v) is 10.6. The number of carbonyl (C=O) groups excluding carboxylic acids is 1. The Balaban J connectivity index is 2.00. The lowest BCUT2D eigenvalue weighted by atomic mass is 9.87. The van der Waals surface area contributed by atoms with Crippen LogP contribution in [0.5, 0.6) is 5.75 Å². The average molecular weight is 413 g/mol. The van der Waals surface area contributed by atoms with E-state index in [1.165, 1.54) is 16.9 Å². The minimum atomic E-state index is -0.242. The highest BCUT2D eigenvalue weighted by Gasteiger charge is 2.15. The van der Waals surface area contributed by atoms with Gasteiger partial charge < -0.3 is 14.0 Å². The van der Waals surface area contributed by atoms with Gasteiger partial charge in [-0.3, -0.25) is 4.79 Å². The summed E-state index contributed by atoms with van der Waals surface area (Å²) >= 11 is 1.48. The molecule has 0 N–H and O–H groups in total. The molecule has 154 valence electrons. The fourth-order valence-electron chi connectivity index (χ4n) is 3.05. The third-order valence-corrected chi connectivity index (χ3v) is 5.79. The van der Waals surface area contributed by atoms with Crippen LogP contribution < -0.4 is 9.54 Å². The second-order valence-electron chi connectivity index (χ2n) is 7.81. The monoisotopic (exact) mass is 412 g/mol. The van der Waals surface area contributed by atoms with Gasteiger partial charge in [-0.05, 0) is 48.2 Å². The van der Waals surface area contributed by atoms with E-state index in [0.717, 1.165) is 16.0 Å². The first-order chi connectivity index (χ1) is 13.8. The average Bonchev–Trinajstić information content (AvgIpc) is 3.03. The Bertz CT molecular complexity index is 1060. The van der Waals surface area contributed by atoms with Crippen LogP contribution in [0.15, 0.2) is 47.5 Å². The van der Waals surface area contributed by atoms with E-state index in [-0.39, 0.29) is 11.3 Å². The summed E-state index contributed by atoms with van der Waals surface area (Å²) in [6, 6.07) is 13.6. The van der Waals surface area contributed by atoms with Crippen LogP contribution in [0.4, 0.5) is 0 Å². The van der Waals surface area contributed by atoms with E-state index in [4.69, 9.17) is 9.47 Å². The molecule has 5 nitrogen and oxygen atoms in total. The summed E-state index contributed by atoms with van der Waals surface area (Å²) in [5, 5.41) is 0. The van der Waals surface area contributed by atoms with Gasteiger partial charge in [0, 0.05) is 18.7 Å². The van der Waals surface area contributed by atoms with Gasteiger partial charge in [0.1, 0.15) is 5.75 Å². The second-order valence-corrected chi connectivity index (χ2v) is 8.82. The summed E-state index contributed by atoms with van der Waals surface area (Å²) in [7, 11) is 1.65. The zero-order valence-electron chi connectivity index (χ0n) is 17.7. The van der Waals surface area contributed by atoms with Gasteiger partial charge >= 0.3 is 0 Å². The van der Waals surface area contributed by atoms with Crippen molar-refractivity contribution >= 4 is 27.5 Å². The van der Waals surface area contributed by atoms with Crippen molar-refractivity contribution in [3.05, 3.63) is 58.4 Å². The second kappa shape index (κ2) is 8.93. The standard InChI is InChI=1S/C23H28N2O3S/c1-6-28-14-13-25-19-12-11-18(27-5)15-20(19)29-22(25)24-21(26)16-7-9-17(10-8-16)23(2,3)4/h7-12,15H,6,13-14H2,1-5H3. The molecule has 29 heavy (non-hydrogen) atoms. The Morgan fingerprint density at radius 2 is 1.86 bits per heavy atom. The van der Waals surface area contributed by atoms with Gasteiger partial charge in [-0.25, -0.2) is 0 Å². The quantitative estimate of drug-likeness (QED) is 0.547. The van der Waals surface area contributed by atoms with Crippen LogP contribution >= 0.6 is 11.3 Å². The van der Waals surface area contributed by atoms with E-state index < -0.39 is 0 Å². The SMILES string of the molecule is CCOCCn1c(=NC(=O)c2ccc(C(C)(C)C)cc2)sc2cc(OC)ccc21. The molecule has 3 rings (SSSR count). The minimum Gasteiger partial charge on any atom is -0.497 e. The number of hydrogen-bond acceptors (Lipinski definition) is 4. The molecule has 0 aliphatic carbocycles.